The highest BCUT2D eigenvalue weighted by Crippen LogP contribution is 2.07. The van der Waals surface area contributed by atoms with Crippen LogP contribution in [0, 0.1) is 0 Å². The Morgan fingerprint density at radius 1 is 1.33 bits per heavy atom. The third-order valence-corrected chi connectivity index (χ3v) is 1.66. The van der Waals surface area contributed by atoms with Crippen molar-refractivity contribution in [3.05, 3.63) is 23.3 Å². The molecular formula is C10H16O2. The van der Waals surface area contributed by atoms with E-state index in [1.807, 2.05) is 26.0 Å². The minimum Gasteiger partial charge on any atom is -0.392 e. The number of hydrogen-bond acceptors (Lipinski definition) is 2. The molecule has 0 rings (SSSR count). The molecule has 0 aliphatic heterocycles. The molecule has 68 valence electrons. The van der Waals surface area contributed by atoms with E-state index in [9.17, 15) is 4.79 Å². The van der Waals surface area contributed by atoms with E-state index in [4.69, 9.17) is 5.11 Å². The lowest BCUT2D eigenvalue weighted by Gasteiger charge is -2.01. The third kappa shape index (κ3) is 4.85. The van der Waals surface area contributed by atoms with Crippen molar-refractivity contribution in [3.63, 3.8) is 0 Å². The first-order valence-electron chi connectivity index (χ1n) is 4.07. The molecule has 0 aliphatic carbocycles. The van der Waals surface area contributed by atoms with Gasteiger partial charge in [-0.2, -0.15) is 0 Å². The Kier molecular flexibility index (Phi) is 6.29. The summed E-state index contributed by atoms with van der Waals surface area (Å²) >= 11 is 0. The molecule has 0 saturated carbocycles. The van der Waals surface area contributed by atoms with E-state index in [0.29, 0.717) is 6.42 Å². The number of rotatable bonds is 5. The lowest BCUT2D eigenvalue weighted by molar-refractivity contribution is -0.107. The number of aliphatic hydroxyl groups is 1. The van der Waals surface area contributed by atoms with E-state index in [-0.39, 0.29) is 6.61 Å². The van der Waals surface area contributed by atoms with Gasteiger partial charge < -0.3 is 9.90 Å². The molecule has 12 heavy (non-hydrogen) atoms. The molecule has 0 spiro atoms. The van der Waals surface area contributed by atoms with Gasteiger partial charge in [0.05, 0.1) is 6.61 Å². The van der Waals surface area contributed by atoms with Crippen molar-refractivity contribution in [2.24, 2.45) is 0 Å². The monoisotopic (exact) mass is 168 g/mol. The minimum absolute atomic E-state index is 0.105. The topological polar surface area (TPSA) is 37.3 Å². The summed E-state index contributed by atoms with van der Waals surface area (Å²) in [6, 6.07) is 0. The van der Waals surface area contributed by atoms with Crippen LogP contribution < -0.4 is 0 Å². The Balaban J connectivity index is 3.89. The van der Waals surface area contributed by atoms with Crippen LogP contribution in [0.4, 0.5) is 0 Å². The first-order chi connectivity index (χ1) is 5.72. The fourth-order valence-electron chi connectivity index (χ4n) is 0.804. The fourth-order valence-corrected chi connectivity index (χ4v) is 0.804. The quantitative estimate of drug-likeness (QED) is 0.502. The maximum Gasteiger partial charge on any atom is 0.123 e. The smallest absolute Gasteiger partial charge is 0.123 e. The van der Waals surface area contributed by atoms with Crippen molar-refractivity contribution in [2.75, 3.05) is 6.61 Å². The van der Waals surface area contributed by atoms with Crippen molar-refractivity contribution in [1.82, 2.24) is 0 Å². The zero-order valence-corrected chi connectivity index (χ0v) is 7.71. The molecule has 0 heterocycles. The summed E-state index contributed by atoms with van der Waals surface area (Å²) in [5.74, 6) is 0. The van der Waals surface area contributed by atoms with Crippen LogP contribution in [0.15, 0.2) is 23.3 Å². The summed E-state index contributed by atoms with van der Waals surface area (Å²) in [7, 11) is 0. The highest BCUT2D eigenvalue weighted by Gasteiger charge is 1.93. The maximum absolute atomic E-state index is 9.94. The summed E-state index contributed by atoms with van der Waals surface area (Å²) in [4.78, 5) is 9.94. The number of aldehydes is 1. The molecule has 0 aromatic carbocycles. The van der Waals surface area contributed by atoms with Gasteiger partial charge in [-0.15, -0.1) is 0 Å². The highest BCUT2D eigenvalue weighted by molar-refractivity contribution is 5.51. The van der Waals surface area contributed by atoms with Crippen LogP contribution in [-0.2, 0) is 4.79 Å². The Bertz CT molecular complexity index is 186. The normalized spacial score (nSPS) is 10.2. The molecule has 0 radical (unpaired) electrons. The second-order valence-electron chi connectivity index (χ2n) is 2.84. The van der Waals surface area contributed by atoms with Gasteiger partial charge in [0.25, 0.3) is 0 Å². The maximum atomic E-state index is 9.94. The van der Waals surface area contributed by atoms with Gasteiger partial charge >= 0.3 is 0 Å². The zero-order valence-electron chi connectivity index (χ0n) is 7.71. The van der Waals surface area contributed by atoms with Gasteiger partial charge in [0, 0.05) is 6.42 Å². The third-order valence-electron chi connectivity index (χ3n) is 1.66. The molecule has 2 heteroatoms. The molecule has 0 amide bonds. The van der Waals surface area contributed by atoms with Gasteiger partial charge in [-0.05, 0) is 25.8 Å². The first-order valence-corrected chi connectivity index (χ1v) is 4.07. The Labute approximate surface area is 73.6 Å². The summed E-state index contributed by atoms with van der Waals surface area (Å²) in [6.07, 6.45) is 5.78. The molecule has 0 unspecified atom stereocenters. The van der Waals surface area contributed by atoms with Crippen molar-refractivity contribution in [1.29, 1.82) is 0 Å². The number of hydrogen-bond donors (Lipinski definition) is 1. The Morgan fingerprint density at radius 2 is 2.00 bits per heavy atom. The van der Waals surface area contributed by atoms with Crippen LogP contribution in [0.1, 0.15) is 26.7 Å². The zero-order chi connectivity index (χ0) is 9.40. The minimum atomic E-state index is 0.105. The molecule has 1 N–H and O–H groups in total. The number of aliphatic hydroxyl groups excluding tert-OH is 1. The van der Waals surface area contributed by atoms with Crippen LogP contribution in [0.5, 0.6) is 0 Å². The molecule has 0 aliphatic rings. The molecule has 0 atom stereocenters. The van der Waals surface area contributed by atoms with Gasteiger partial charge in [0.15, 0.2) is 0 Å². The van der Waals surface area contributed by atoms with Crippen molar-refractivity contribution < 1.29 is 9.90 Å². The second-order valence-corrected chi connectivity index (χ2v) is 2.84. The van der Waals surface area contributed by atoms with Crippen LogP contribution >= 0.6 is 0 Å². The number of carbonyl (C=O) groups is 1. The van der Waals surface area contributed by atoms with Crippen LogP contribution in [-0.4, -0.2) is 18.0 Å². The SMILES string of the molecule is CC(C)=C(CO)C/C=C\CC=O. The molecule has 0 fully saturated rings. The van der Waals surface area contributed by atoms with Crippen molar-refractivity contribution in [2.45, 2.75) is 26.7 Å². The number of allylic oxidation sites excluding steroid dienone is 3. The average Bonchev–Trinajstić information content (AvgIpc) is 2.04. The summed E-state index contributed by atoms with van der Waals surface area (Å²) in [6.45, 7) is 4.05. The van der Waals surface area contributed by atoms with E-state index >= 15 is 0 Å². The Hall–Kier alpha value is -0.890. The van der Waals surface area contributed by atoms with Crippen LogP contribution in [0.25, 0.3) is 0 Å². The van der Waals surface area contributed by atoms with Crippen molar-refractivity contribution >= 4 is 6.29 Å². The van der Waals surface area contributed by atoms with Crippen molar-refractivity contribution in [3.8, 4) is 0 Å². The van der Waals surface area contributed by atoms with Gasteiger partial charge in [-0.3, -0.25) is 0 Å². The van der Waals surface area contributed by atoms with Crippen LogP contribution in [0.3, 0.4) is 0 Å². The lowest BCUT2D eigenvalue weighted by atomic mass is 10.1. The molecule has 0 saturated heterocycles. The highest BCUT2D eigenvalue weighted by atomic mass is 16.3. The van der Waals surface area contributed by atoms with E-state index in [2.05, 4.69) is 0 Å². The lowest BCUT2D eigenvalue weighted by Crippen LogP contribution is -1.91. The van der Waals surface area contributed by atoms with Gasteiger partial charge in [-0.25, -0.2) is 0 Å². The van der Waals surface area contributed by atoms with E-state index in [1.165, 1.54) is 0 Å². The van der Waals surface area contributed by atoms with E-state index < -0.39 is 0 Å². The van der Waals surface area contributed by atoms with Gasteiger partial charge in [-0.1, -0.05) is 17.7 Å². The Morgan fingerprint density at radius 3 is 2.42 bits per heavy atom. The average molecular weight is 168 g/mol. The van der Waals surface area contributed by atoms with Gasteiger partial charge in [0.1, 0.15) is 6.29 Å². The molecular weight excluding hydrogens is 152 g/mol. The molecule has 0 aromatic heterocycles. The fraction of sp³-hybridized carbons (Fsp3) is 0.500. The van der Waals surface area contributed by atoms with Crippen LogP contribution in [0.2, 0.25) is 0 Å². The standard InChI is InChI=1S/C10H16O2/c1-9(2)10(8-12)6-4-3-5-7-11/h3-4,7,12H,5-6,8H2,1-2H3/b4-3-. The summed E-state index contributed by atoms with van der Waals surface area (Å²) in [5, 5.41) is 8.89. The predicted octanol–water partition coefficient (Wildman–Crippen LogP) is 1.85. The van der Waals surface area contributed by atoms with E-state index in [0.717, 1.165) is 23.9 Å². The molecule has 2 nitrogen and oxygen atoms in total. The number of carbonyl (C=O) groups excluding carboxylic acids is 1. The van der Waals surface area contributed by atoms with Gasteiger partial charge in [0.2, 0.25) is 0 Å². The van der Waals surface area contributed by atoms with E-state index in [1.54, 1.807) is 0 Å². The largest absolute Gasteiger partial charge is 0.392 e. The molecule has 0 bridgehead atoms. The predicted molar refractivity (Wildman–Crippen MR) is 49.9 cm³/mol. The summed E-state index contributed by atoms with van der Waals surface area (Å²) in [5.41, 5.74) is 2.17. The second kappa shape index (κ2) is 6.80. The first kappa shape index (κ1) is 11.1. The summed E-state index contributed by atoms with van der Waals surface area (Å²) < 4.78 is 0. The molecule has 0 aromatic rings.